The number of aliphatic carboxylic acids is 1. The van der Waals surface area contributed by atoms with Gasteiger partial charge in [0.1, 0.15) is 6.10 Å². The minimum absolute atomic E-state index is 0.481. The van der Waals surface area contributed by atoms with Crippen LogP contribution >= 0.6 is 0 Å². The van der Waals surface area contributed by atoms with E-state index in [9.17, 15) is 15.0 Å². The molecule has 5 nitrogen and oxygen atoms in total. The third-order valence-electron chi connectivity index (χ3n) is 2.75. The van der Waals surface area contributed by atoms with Gasteiger partial charge in [0.05, 0.1) is 18.0 Å². The highest BCUT2D eigenvalue weighted by molar-refractivity contribution is 5.82. The molecule has 0 radical (unpaired) electrons. The molecular weight excluding hydrogens is 234 g/mol. The molecule has 18 heavy (non-hydrogen) atoms. The molecule has 0 amide bonds. The van der Waals surface area contributed by atoms with Crippen LogP contribution in [-0.2, 0) is 4.79 Å². The van der Waals surface area contributed by atoms with Crippen molar-refractivity contribution in [2.45, 2.75) is 18.6 Å². The number of nitrogens with zero attached hydrogens (tertiary/aromatic N) is 1. The molecular formula is C13H13NO4. The van der Waals surface area contributed by atoms with E-state index in [-0.39, 0.29) is 0 Å². The number of carbonyl (C=O) groups is 1. The lowest BCUT2D eigenvalue weighted by molar-refractivity contribution is -0.141. The van der Waals surface area contributed by atoms with Gasteiger partial charge in [0.2, 0.25) is 0 Å². The Morgan fingerprint density at radius 1 is 1.22 bits per heavy atom. The minimum atomic E-state index is -1.34. The van der Waals surface area contributed by atoms with Crippen molar-refractivity contribution in [3.63, 3.8) is 0 Å². The van der Waals surface area contributed by atoms with Crippen molar-refractivity contribution >= 4 is 16.9 Å². The fraction of sp³-hybridized carbons (Fsp3) is 0.231. The fourth-order valence-electron chi connectivity index (χ4n) is 1.88. The van der Waals surface area contributed by atoms with Crippen molar-refractivity contribution in [2.24, 2.45) is 0 Å². The SMILES string of the molecule is O=C(O)CC(O)C(O)c1cccc2ncccc12. The van der Waals surface area contributed by atoms with Gasteiger partial charge in [-0.25, -0.2) is 0 Å². The van der Waals surface area contributed by atoms with E-state index >= 15 is 0 Å². The average Bonchev–Trinajstić information content (AvgIpc) is 2.36. The molecule has 0 bridgehead atoms. The molecule has 0 aliphatic heterocycles. The van der Waals surface area contributed by atoms with Gasteiger partial charge >= 0.3 is 5.97 Å². The van der Waals surface area contributed by atoms with Gasteiger partial charge in [-0.05, 0) is 17.7 Å². The Labute approximate surface area is 103 Å². The maximum atomic E-state index is 10.5. The summed E-state index contributed by atoms with van der Waals surface area (Å²) in [6.45, 7) is 0. The van der Waals surface area contributed by atoms with E-state index in [1.54, 1.807) is 36.5 Å². The van der Waals surface area contributed by atoms with Crippen LogP contribution in [0.4, 0.5) is 0 Å². The second-order valence-corrected chi connectivity index (χ2v) is 4.03. The van der Waals surface area contributed by atoms with Gasteiger partial charge in [0.25, 0.3) is 0 Å². The lowest BCUT2D eigenvalue weighted by atomic mass is 9.98. The number of rotatable bonds is 4. The number of pyridine rings is 1. The molecule has 1 aromatic heterocycles. The summed E-state index contributed by atoms with van der Waals surface area (Å²) in [5.41, 5.74) is 1.17. The second-order valence-electron chi connectivity index (χ2n) is 4.03. The molecule has 0 aliphatic carbocycles. The van der Waals surface area contributed by atoms with Gasteiger partial charge in [-0.15, -0.1) is 0 Å². The number of carboxylic acids is 1. The molecule has 0 aliphatic rings. The number of aliphatic hydroxyl groups excluding tert-OH is 2. The van der Waals surface area contributed by atoms with Crippen LogP contribution in [0.2, 0.25) is 0 Å². The zero-order chi connectivity index (χ0) is 13.1. The molecule has 2 unspecified atom stereocenters. The Morgan fingerprint density at radius 3 is 2.72 bits per heavy atom. The van der Waals surface area contributed by atoms with Gasteiger partial charge in [-0.2, -0.15) is 0 Å². The normalized spacial score (nSPS) is 14.3. The van der Waals surface area contributed by atoms with E-state index in [2.05, 4.69) is 4.98 Å². The van der Waals surface area contributed by atoms with Gasteiger partial charge in [-0.1, -0.05) is 18.2 Å². The molecule has 1 heterocycles. The summed E-state index contributed by atoms with van der Waals surface area (Å²) in [5.74, 6) is -1.15. The molecule has 94 valence electrons. The van der Waals surface area contributed by atoms with Crippen LogP contribution < -0.4 is 0 Å². The first-order valence-corrected chi connectivity index (χ1v) is 5.51. The maximum Gasteiger partial charge on any atom is 0.306 e. The minimum Gasteiger partial charge on any atom is -0.481 e. The van der Waals surface area contributed by atoms with Gasteiger partial charge in [0, 0.05) is 11.6 Å². The summed E-state index contributed by atoms with van der Waals surface area (Å²) >= 11 is 0. The lowest BCUT2D eigenvalue weighted by Gasteiger charge is -2.18. The zero-order valence-electron chi connectivity index (χ0n) is 9.52. The van der Waals surface area contributed by atoms with Crippen LogP contribution in [0.15, 0.2) is 36.5 Å². The third-order valence-corrected chi connectivity index (χ3v) is 2.75. The molecule has 0 fully saturated rings. The lowest BCUT2D eigenvalue weighted by Crippen LogP contribution is -2.21. The molecule has 2 rings (SSSR count). The number of hydrogen-bond acceptors (Lipinski definition) is 4. The smallest absolute Gasteiger partial charge is 0.306 e. The van der Waals surface area contributed by atoms with Crippen LogP contribution in [0.3, 0.4) is 0 Å². The van der Waals surface area contributed by atoms with Crippen LogP contribution in [0, 0.1) is 0 Å². The van der Waals surface area contributed by atoms with Crippen LogP contribution in [0.1, 0.15) is 18.1 Å². The van der Waals surface area contributed by atoms with Crippen LogP contribution in [0.5, 0.6) is 0 Å². The van der Waals surface area contributed by atoms with E-state index in [4.69, 9.17) is 5.11 Å². The average molecular weight is 247 g/mol. The highest BCUT2D eigenvalue weighted by Gasteiger charge is 2.22. The summed E-state index contributed by atoms with van der Waals surface area (Å²) in [5, 5.41) is 29.0. The van der Waals surface area contributed by atoms with E-state index in [1.807, 2.05) is 0 Å². The first-order chi connectivity index (χ1) is 8.59. The number of aliphatic hydroxyl groups is 2. The Balaban J connectivity index is 2.38. The van der Waals surface area contributed by atoms with Crippen LogP contribution in [0.25, 0.3) is 10.9 Å². The van der Waals surface area contributed by atoms with Crippen molar-refractivity contribution in [3.05, 3.63) is 42.1 Å². The molecule has 3 N–H and O–H groups in total. The standard InChI is InChI=1S/C13H13NO4/c15-11(7-12(16)17)13(18)9-3-1-5-10-8(9)4-2-6-14-10/h1-6,11,13,15,18H,7H2,(H,16,17). The summed E-state index contributed by atoms with van der Waals surface area (Å²) in [6.07, 6.45) is -1.45. The van der Waals surface area contributed by atoms with E-state index in [0.717, 1.165) is 0 Å². The van der Waals surface area contributed by atoms with Crippen molar-refractivity contribution in [3.8, 4) is 0 Å². The fourth-order valence-corrected chi connectivity index (χ4v) is 1.88. The second kappa shape index (κ2) is 5.12. The van der Waals surface area contributed by atoms with E-state index in [0.29, 0.717) is 16.5 Å². The predicted octanol–water partition coefficient (Wildman–Crippen LogP) is 1.10. The number of aromatic nitrogens is 1. The topological polar surface area (TPSA) is 90.7 Å². The zero-order valence-corrected chi connectivity index (χ0v) is 9.52. The number of hydrogen-bond donors (Lipinski definition) is 3. The Morgan fingerprint density at radius 2 is 2.00 bits per heavy atom. The van der Waals surface area contributed by atoms with E-state index in [1.165, 1.54) is 0 Å². The molecule has 5 heteroatoms. The van der Waals surface area contributed by atoms with Crippen molar-refractivity contribution in [2.75, 3.05) is 0 Å². The largest absolute Gasteiger partial charge is 0.481 e. The number of benzene rings is 1. The Kier molecular flexibility index (Phi) is 3.55. The highest BCUT2D eigenvalue weighted by atomic mass is 16.4. The van der Waals surface area contributed by atoms with Crippen molar-refractivity contribution in [1.82, 2.24) is 4.98 Å². The van der Waals surface area contributed by atoms with E-state index < -0.39 is 24.6 Å². The molecule has 0 saturated carbocycles. The molecule has 1 aromatic carbocycles. The monoisotopic (exact) mass is 247 g/mol. The molecule has 0 saturated heterocycles. The van der Waals surface area contributed by atoms with Gasteiger partial charge in [-0.3, -0.25) is 9.78 Å². The summed E-state index contributed by atoms with van der Waals surface area (Å²) in [7, 11) is 0. The van der Waals surface area contributed by atoms with Gasteiger partial charge < -0.3 is 15.3 Å². The molecule has 0 spiro atoms. The molecule has 2 aromatic rings. The molecule has 2 atom stereocenters. The number of fused-ring (bicyclic) bond motifs is 1. The van der Waals surface area contributed by atoms with Crippen molar-refractivity contribution < 1.29 is 20.1 Å². The Bertz CT molecular complexity index is 564. The highest BCUT2D eigenvalue weighted by Crippen LogP contribution is 2.26. The van der Waals surface area contributed by atoms with Crippen molar-refractivity contribution in [1.29, 1.82) is 0 Å². The maximum absolute atomic E-state index is 10.5. The predicted molar refractivity (Wildman–Crippen MR) is 65.0 cm³/mol. The summed E-state index contributed by atoms with van der Waals surface area (Å²) in [6, 6.07) is 8.65. The Hall–Kier alpha value is -1.98. The number of carboxylic acid groups (broad SMARTS) is 1. The first kappa shape index (κ1) is 12.5. The summed E-state index contributed by atoms with van der Waals surface area (Å²) < 4.78 is 0. The van der Waals surface area contributed by atoms with Crippen LogP contribution in [-0.4, -0.2) is 32.4 Å². The quantitative estimate of drug-likeness (QED) is 0.752. The first-order valence-electron chi connectivity index (χ1n) is 5.51. The van der Waals surface area contributed by atoms with Gasteiger partial charge in [0.15, 0.2) is 0 Å². The summed E-state index contributed by atoms with van der Waals surface area (Å²) in [4.78, 5) is 14.7. The third kappa shape index (κ3) is 2.47.